The number of rotatable bonds is 6. The van der Waals surface area contributed by atoms with Gasteiger partial charge in [0.2, 0.25) is 5.91 Å². The summed E-state index contributed by atoms with van der Waals surface area (Å²) in [5.41, 5.74) is 5.38. The summed E-state index contributed by atoms with van der Waals surface area (Å²) in [7, 11) is 1.39. The molecule has 1 unspecified atom stereocenters. The third-order valence-electron chi connectivity index (χ3n) is 2.41. The average Bonchev–Trinajstić information content (AvgIpc) is 2.20. The van der Waals surface area contributed by atoms with Gasteiger partial charge in [-0.1, -0.05) is 6.92 Å². The molecule has 16 heavy (non-hydrogen) atoms. The molecule has 0 spiro atoms. The standard InChI is InChI=1S/C10H19F3N2O/c1-8(7-14)3-4-9(16)15(2)6-5-10(11,12)13/h8H,3-7,14H2,1-2H3. The summed E-state index contributed by atoms with van der Waals surface area (Å²) < 4.78 is 35.7. The van der Waals surface area contributed by atoms with Crippen molar-refractivity contribution in [2.45, 2.75) is 32.4 Å². The molecule has 0 heterocycles. The maximum Gasteiger partial charge on any atom is 0.390 e. The fraction of sp³-hybridized carbons (Fsp3) is 0.900. The Morgan fingerprint density at radius 1 is 1.44 bits per heavy atom. The van der Waals surface area contributed by atoms with Gasteiger partial charge >= 0.3 is 6.18 Å². The Labute approximate surface area is 93.8 Å². The highest BCUT2D eigenvalue weighted by Crippen LogP contribution is 2.19. The number of hydrogen-bond acceptors (Lipinski definition) is 2. The maximum absolute atomic E-state index is 11.9. The third kappa shape index (κ3) is 7.50. The summed E-state index contributed by atoms with van der Waals surface area (Å²) >= 11 is 0. The lowest BCUT2D eigenvalue weighted by Gasteiger charge is -2.18. The third-order valence-corrected chi connectivity index (χ3v) is 2.41. The number of alkyl halides is 3. The minimum atomic E-state index is -4.21. The van der Waals surface area contributed by atoms with E-state index >= 15 is 0 Å². The molecule has 0 aromatic rings. The lowest BCUT2D eigenvalue weighted by Crippen LogP contribution is -2.30. The molecule has 0 aromatic carbocycles. The quantitative estimate of drug-likeness (QED) is 0.769. The average molecular weight is 240 g/mol. The number of nitrogens with two attached hydrogens (primary N) is 1. The van der Waals surface area contributed by atoms with E-state index in [1.807, 2.05) is 6.92 Å². The largest absolute Gasteiger partial charge is 0.390 e. The second-order valence-electron chi connectivity index (χ2n) is 4.06. The van der Waals surface area contributed by atoms with Crippen LogP contribution >= 0.6 is 0 Å². The zero-order valence-corrected chi connectivity index (χ0v) is 9.68. The first kappa shape index (κ1) is 15.2. The van der Waals surface area contributed by atoms with Crippen molar-refractivity contribution in [3.8, 4) is 0 Å². The molecule has 0 aliphatic carbocycles. The van der Waals surface area contributed by atoms with E-state index < -0.39 is 12.6 Å². The number of carbonyl (C=O) groups is 1. The van der Waals surface area contributed by atoms with Gasteiger partial charge in [0.15, 0.2) is 0 Å². The first-order valence-corrected chi connectivity index (χ1v) is 5.27. The maximum atomic E-state index is 11.9. The van der Waals surface area contributed by atoms with Gasteiger partial charge in [0.25, 0.3) is 0 Å². The van der Waals surface area contributed by atoms with E-state index in [0.29, 0.717) is 13.0 Å². The van der Waals surface area contributed by atoms with Crippen molar-refractivity contribution in [3.63, 3.8) is 0 Å². The molecule has 0 bridgehead atoms. The van der Waals surface area contributed by atoms with Crippen LogP contribution in [0.15, 0.2) is 0 Å². The van der Waals surface area contributed by atoms with Crippen molar-refractivity contribution in [2.24, 2.45) is 11.7 Å². The van der Waals surface area contributed by atoms with Gasteiger partial charge in [0.05, 0.1) is 6.42 Å². The molecule has 1 atom stereocenters. The van der Waals surface area contributed by atoms with Crippen LogP contribution in [0.4, 0.5) is 13.2 Å². The molecule has 96 valence electrons. The lowest BCUT2D eigenvalue weighted by molar-refractivity contribution is -0.144. The van der Waals surface area contributed by atoms with E-state index in [0.717, 1.165) is 4.90 Å². The highest BCUT2D eigenvalue weighted by atomic mass is 19.4. The van der Waals surface area contributed by atoms with Gasteiger partial charge in [-0.2, -0.15) is 13.2 Å². The molecule has 6 heteroatoms. The number of carbonyl (C=O) groups excluding carboxylic acids is 1. The molecule has 0 aliphatic rings. The summed E-state index contributed by atoms with van der Waals surface area (Å²) in [5.74, 6) is -0.0375. The van der Waals surface area contributed by atoms with Gasteiger partial charge in [-0.05, 0) is 18.9 Å². The fourth-order valence-corrected chi connectivity index (χ4v) is 1.10. The number of amides is 1. The van der Waals surface area contributed by atoms with E-state index in [2.05, 4.69) is 0 Å². The van der Waals surface area contributed by atoms with Crippen molar-refractivity contribution in [2.75, 3.05) is 20.1 Å². The Kier molecular flexibility index (Phi) is 6.40. The van der Waals surface area contributed by atoms with Gasteiger partial charge in [0, 0.05) is 20.0 Å². The van der Waals surface area contributed by atoms with Crippen LogP contribution in [0.3, 0.4) is 0 Å². The summed E-state index contributed by atoms with van der Waals surface area (Å²) in [6.07, 6.45) is -4.29. The SMILES string of the molecule is CC(CN)CCC(=O)N(C)CCC(F)(F)F. The number of hydrogen-bond donors (Lipinski definition) is 1. The Morgan fingerprint density at radius 3 is 2.44 bits per heavy atom. The van der Waals surface area contributed by atoms with Gasteiger partial charge in [-0.25, -0.2) is 0 Å². The molecule has 0 rings (SSSR count). The van der Waals surface area contributed by atoms with Gasteiger partial charge in [-0.3, -0.25) is 4.79 Å². The molecule has 3 nitrogen and oxygen atoms in total. The molecule has 0 aliphatic heterocycles. The summed E-state index contributed by atoms with van der Waals surface area (Å²) in [6, 6.07) is 0. The minimum absolute atomic E-state index is 0.222. The molecule has 0 fully saturated rings. The molecular formula is C10H19F3N2O. The molecule has 0 saturated heterocycles. The second-order valence-corrected chi connectivity index (χ2v) is 4.06. The van der Waals surface area contributed by atoms with E-state index in [4.69, 9.17) is 5.73 Å². The Hall–Kier alpha value is -0.780. The molecular weight excluding hydrogens is 221 g/mol. The Balaban J connectivity index is 3.82. The van der Waals surface area contributed by atoms with E-state index in [9.17, 15) is 18.0 Å². The van der Waals surface area contributed by atoms with Crippen LogP contribution in [0.2, 0.25) is 0 Å². The summed E-state index contributed by atoms with van der Waals surface area (Å²) in [6.45, 7) is 2.11. The smallest absolute Gasteiger partial charge is 0.345 e. The minimum Gasteiger partial charge on any atom is -0.345 e. The Morgan fingerprint density at radius 2 is 2.00 bits per heavy atom. The van der Waals surface area contributed by atoms with Crippen LogP contribution in [-0.4, -0.2) is 37.1 Å². The Bertz CT molecular complexity index is 219. The van der Waals surface area contributed by atoms with Gasteiger partial charge < -0.3 is 10.6 Å². The molecule has 0 aromatic heterocycles. The molecule has 0 radical (unpaired) electrons. The summed E-state index contributed by atoms with van der Waals surface area (Å²) in [5, 5.41) is 0. The second kappa shape index (κ2) is 6.73. The summed E-state index contributed by atoms with van der Waals surface area (Å²) in [4.78, 5) is 12.5. The molecule has 0 saturated carbocycles. The van der Waals surface area contributed by atoms with E-state index in [1.54, 1.807) is 0 Å². The van der Waals surface area contributed by atoms with Crippen LogP contribution in [0, 0.1) is 5.92 Å². The van der Waals surface area contributed by atoms with Gasteiger partial charge in [-0.15, -0.1) is 0 Å². The normalized spacial score (nSPS) is 13.6. The highest BCUT2D eigenvalue weighted by Gasteiger charge is 2.27. The predicted molar refractivity (Wildman–Crippen MR) is 55.8 cm³/mol. The number of halogens is 3. The first-order chi connectivity index (χ1) is 7.26. The van der Waals surface area contributed by atoms with Crippen molar-refractivity contribution in [1.82, 2.24) is 4.90 Å². The molecule has 1 amide bonds. The van der Waals surface area contributed by atoms with Crippen LogP contribution in [0.5, 0.6) is 0 Å². The van der Waals surface area contributed by atoms with Crippen molar-refractivity contribution >= 4 is 5.91 Å². The van der Waals surface area contributed by atoms with Crippen LogP contribution in [0.1, 0.15) is 26.2 Å². The van der Waals surface area contributed by atoms with Crippen molar-refractivity contribution in [1.29, 1.82) is 0 Å². The van der Waals surface area contributed by atoms with E-state index in [-0.39, 0.29) is 24.8 Å². The van der Waals surface area contributed by atoms with Crippen LogP contribution < -0.4 is 5.73 Å². The first-order valence-electron chi connectivity index (χ1n) is 5.27. The zero-order valence-electron chi connectivity index (χ0n) is 9.68. The monoisotopic (exact) mass is 240 g/mol. The van der Waals surface area contributed by atoms with Gasteiger partial charge in [0.1, 0.15) is 0 Å². The topological polar surface area (TPSA) is 46.3 Å². The van der Waals surface area contributed by atoms with E-state index in [1.165, 1.54) is 7.05 Å². The van der Waals surface area contributed by atoms with Crippen LogP contribution in [0.25, 0.3) is 0 Å². The van der Waals surface area contributed by atoms with Crippen LogP contribution in [-0.2, 0) is 4.79 Å². The zero-order chi connectivity index (χ0) is 12.8. The highest BCUT2D eigenvalue weighted by molar-refractivity contribution is 5.75. The van der Waals surface area contributed by atoms with Crippen molar-refractivity contribution < 1.29 is 18.0 Å². The lowest BCUT2D eigenvalue weighted by atomic mass is 10.1. The predicted octanol–water partition coefficient (Wildman–Crippen LogP) is 1.77. The fourth-order valence-electron chi connectivity index (χ4n) is 1.10. The molecule has 2 N–H and O–H groups in total. The number of nitrogens with zero attached hydrogens (tertiary/aromatic N) is 1. The van der Waals surface area contributed by atoms with Crippen molar-refractivity contribution in [3.05, 3.63) is 0 Å².